The van der Waals surface area contributed by atoms with Crippen LogP contribution in [-0.4, -0.2) is 36.9 Å². The lowest BCUT2D eigenvalue weighted by Crippen LogP contribution is -2.23. The highest BCUT2D eigenvalue weighted by Gasteiger charge is 2.35. The van der Waals surface area contributed by atoms with Gasteiger partial charge in [-0.3, -0.25) is 4.90 Å². The van der Waals surface area contributed by atoms with E-state index in [9.17, 15) is 4.39 Å². The van der Waals surface area contributed by atoms with Gasteiger partial charge in [0.05, 0.1) is 5.71 Å². The minimum Gasteiger partial charge on any atom is -0.392 e. The molecule has 0 aliphatic carbocycles. The van der Waals surface area contributed by atoms with Crippen LogP contribution in [-0.2, 0) is 4.84 Å². The van der Waals surface area contributed by atoms with Gasteiger partial charge < -0.3 is 4.84 Å². The predicted octanol–water partition coefficient (Wildman–Crippen LogP) is 2.83. The molecule has 2 bridgehead atoms. The Labute approximate surface area is 130 Å². The molecular formula is C18H19FN2O. The molecule has 0 N–H and O–H groups in total. The molecule has 2 unspecified atom stereocenters. The zero-order valence-corrected chi connectivity index (χ0v) is 12.7. The van der Waals surface area contributed by atoms with Crippen molar-refractivity contribution in [2.45, 2.75) is 13.3 Å². The fourth-order valence-corrected chi connectivity index (χ4v) is 2.75. The van der Waals surface area contributed by atoms with Gasteiger partial charge in [0.1, 0.15) is 12.4 Å². The smallest absolute Gasteiger partial charge is 0.136 e. The summed E-state index contributed by atoms with van der Waals surface area (Å²) < 4.78 is 12.8. The number of nitrogens with zero attached hydrogens (tertiary/aromatic N) is 2. The lowest BCUT2D eigenvalue weighted by Gasteiger charge is -2.12. The van der Waals surface area contributed by atoms with Gasteiger partial charge in [-0.05, 0) is 55.8 Å². The molecule has 2 heterocycles. The van der Waals surface area contributed by atoms with E-state index in [1.54, 1.807) is 12.1 Å². The molecule has 22 heavy (non-hydrogen) atoms. The minimum absolute atomic E-state index is 0.248. The van der Waals surface area contributed by atoms with Crippen molar-refractivity contribution in [3.8, 4) is 11.8 Å². The van der Waals surface area contributed by atoms with Gasteiger partial charge in [0.15, 0.2) is 0 Å². The van der Waals surface area contributed by atoms with Crippen LogP contribution < -0.4 is 0 Å². The predicted molar refractivity (Wildman–Crippen MR) is 85.0 cm³/mol. The Morgan fingerprint density at radius 2 is 2.27 bits per heavy atom. The molecule has 4 heteroatoms. The van der Waals surface area contributed by atoms with Gasteiger partial charge in [0, 0.05) is 24.6 Å². The summed E-state index contributed by atoms with van der Waals surface area (Å²) >= 11 is 0. The number of halogens is 1. The molecule has 0 aromatic heterocycles. The molecule has 1 aromatic carbocycles. The van der Waals surface area contributed by atoms with Crippen molar-refractivity contribution in [1.82, 2.24) is 4.90 Å². The first kappa shape index (κ1) is 14.8. The fraction of sp³-hybridized carbons (Fsp3) is 0.389. The number of oxime groups is 1. The van der Waals surface area contributed by atoms with Crippen molar-refractivity contribution >= 4 is 5.71 Å². The Morgan fingerprint density at radius 1 is 1.45 bits per heavy atom. The average Bonchev–Trinajstić information content (AvgIpc) is 3.14. The summed E-state index contributed by atoms with van der Waals surface area (Å²) in [7, 11) is 0. The van der Waals surface area contributed by atoms with E-state index in [1.807, 2.05) is 13.0 Å². The number of fused-ring (bicyclic) bond motifs is 2. The van der Waals surface area contributed by atoms with Gasteiger partial charge in [-0.1, -0.05) is 17.0 Å². The van der Waals surface area contributed by atoms with Crippen molar-refractivity contribution in [3.63, 3.8) is 0 Å². The Kier molecular flexibility index (Phi) is 4.55. The van der Waals surface area contributed by atoms with E-state index in [1.165, 1.54) is 30.8 Å². The van der Waals surface area contributed by atoms with Crippen LogP contribution in [0.15, 0.2) is 41.1 Å². The van der Waals surface area contributed by atoms with Crippen LogP contribution in [0.3, 0.4) is 0 Å². The number of rotatable bonds is 3. The van der Waals surface area contributed by atoms with Gasteiger partial charge >= 0.3 is 0 Å². The third kappa shape index (κ3) is 3.75. The summed E-state index contributed by atoms with van der Waals surface area (Å²) in [5.41, 5.74) is 2.89. The van der Waals surface area contributed by atoms with Crippen molar-refractivity contribution in [2.24, 2.45) is 11.1 Å². The Bertz CT molecular complexity index is 652. The van der Waals surface area contributed by atoms with Crippen LogP contribution in [0.25, 0.3) is 0 Å². The molecule has 0 spiro atoms. The summed E-state index contributed by atoms with van der Waals surface area (Å²) in [6.45, 7) is 5.65. The molecule has 3 nitrogen and oxygen atoms in total. The van der Waals surface area contributed by atoms with Crippen LogP contribution in [0.1, 0.15) is 18.9 Å². The average molecular weight is 298 g/mol. The molecule has 2 aliphatic rings. The normalized spacial score (nSPS) is 25.2. The second-order valence-electron chi connectivity index (χ2n) is 5.74. The first-order valence-corrected chi connectivity index (χ1v) is 7.56. The third-order valence-electron chi connectivity index (χ3n) is 4.02. The monoisotopic (exact) mass is 298 g/mol. The molecule has 2 fully saturated rings. The van der Waals surface area contributed by atoms with Crippen molar-refractivity contribution in [1.29, 1.82) is 0 Å². The Morgan fingerprint density at radius 3 is 2.95 bits per heavy atom. The summed E-state index contributed by atoms with van der Waals surface area (Å²) in [4.78, 5) is 7.78. The van der Waals surface area contributed by atoms with Gasteiger partial charge in [0.25, 0.3) is 0 Å². The Balaban J connectivity index is 1.48. The van der Waals surface area contributed by atoms with Crippen molar-refractivity contribution < 1.29 is 9.23 Å². The van der Waals surface area contributed by atoms with E-state index < -0.39 is 0 Å². The van der Waals surface area contributed by atoms with E-state index in [0.29, 0.717) is 12.5 Å². The molecule has 114 valence electrons. The highest BCUT2D eigenvalue weighted by Crippen LogP contribution is 2.25. The summed E-state index contributed by atoms with van der Waals surface area (Å²) in [6.07, 6.45) is 3.12. The summed E-state index contributed by atoms with van der Waals surface area (Å²) in [5.74, 6) is 6.37. The van der Waals surface area contributed by atoms with E-state index in [2.05, 4.69) is 21.9 Å². The largest absolute Gasteiger partial charge is 0.392 e. The summed E-state index contributed by atoms with van der Waals surface area (Å²) in [6, 6.07) is 6.16. The fourth-order valence-electron chi connectivity index (χ4n) is 2.75. The maximum Gasteiger partial charge on any atom is 0.136 e. The molecule has 2 aliphatic heterocycles. The first-order chi connectivity index (χ1) is 10.7. The number of hydrogen-bond acceptors (Lipinski definition) is 3. The molecule has 2 saturated heterocycles. The van der Waals surface area contributed by atoms with Crippen LogP contribution in [0.4, 0.5) is 4.39 Å². The van der Waals surface area contributed by atoms with Gasteiger partial charge in [-0.2, -0.15) is 0 Å². The van der Waals surface area contributed by atoms with Crippen LogP contribution >= 0.6 is 0 Å². The number of allylic oxidation sites excluding steroid dienone is 1. The lowest BCUT2D eigenvalue weighted by atomic mass is 10.0. The second-order valence-corrected chi connectivity index (χ2v) is 5.74. The minimum atomic E-state index is -0.248. The number of piperidine rings is 1. The molecule has 1 aromatic rings. The number of benzene rings is 1. The topological polar surface area (TPSA) is 24.8 Å². The third-order valence-corrected chi connectivity index (χ3v) is 4.02. The molecule has 0 radical (unpaired) electrons. The molecule has 0 amide bonds. The second kappa shape index (κ2) is 6.76. The zero-order valence-electron chi connectivity index (χ0n) is 12.7. The van der Waals surface area contributed by atoms with Crippen molar-refractivity contribution in [3.05, 3.63) is 47.3 Å². The highest BCUT2D eigenvalue weighted by atomic mass is 19.1. The van der Waals surface area contributed by atoms with Gasteiger partial charge in [-0.15, -0.1) is 0 Å². The quantitative estimate of drug-likeness (QED) is 0.487. The van der Waals surface area contributed by atoms with Crippen LogP contribution in [0.2, 0.25) is 0 Å². The first-order valence-electron chi connectivity index (χ1n) is 7.56. The van der Waals surface area contributed by atoms with Crippen molar-refractivity contribution in [2.75, 3.05) is 26.2 Å². The highest BCUT2D eigenvalue weighted by molar-refractivity contribution is 5.91. The van der Waals surface area contributed by atoms with E-state index >= 15 is 0 Å². The van der Waals surface area contributed by atoms with Crippen LogP contribution in [0, 0.1) is 23.6 Å². The summed E-state index contributed by atoms with van der Waals surface area (Å²) in [5, 5.41) is 4.25. The molecule has 3 rings (SSSR count). The molecule has 0 saturated carbocycles. The van der Waals surface area contributed by atoms with E-state index in [4.69, 9.17) is 4.84 Å². The molecular weight excluding hydrogens is 279 g/mol. The SMILES string of the molecule is C/C(C#Cc1ccc(F)cc1)=C\CO/N=C1\CN2CCC1C2. The van der Waals surface area contributed by atoms with E-state index in [0.717, 1.165) is 24.2 Å². The maximum atomic E-state index is 12.8. The maximum absolute atomic E-state index is 12.8. The van der Waals surface area contributed by atoms with E-state index in [-0.39, 0.29) is 5.82 Å². The zero-order chi connectivity index (χ0) is 15.4. The number of hydrogen-bond donors (Lipinski definition) is 0. The van der Waals surface area contributed by atoms with Gasteiger partial charge in [0.2, 0.25) is 0 Å². The lowest BCUT2D eigenvalue weighted by molar-refractivity contribution is 0.171. The van der Waals surface area contributed by atoms with Crippen LogP contribution in [0.5, 0.6) is 0 Å². The molecule has 2 atom stereocenters. The van der Waals surface area contributed by atoms with Gasteiger partial charge in [-0.25, -0.2) is 4.39 Å². The standard InChI is InChI=1S/C18H19FN2O/c1-14(2-3-15-4-6-17(19)7-5-15)9-11-22-20-18-13-21-10-8-16(18)12-21/h4-7,9,16H,8,10-13H2,1H3/b14-9+,20-18+. The Hall–Kier alpha value is -2.12.